The van der Waals surface area contributed by atoms with E-state index in [1.54, 1.807) is 0 Å². The molecule has 2 heteroatoms. The lowest BCUT2D eigenvalue weighted by molar-refractivity contribution is 0.825. The van der Waals surface area contributed by atoms with Crippen LogP contribution in [0.25, 0.3) is 5.57 Å². The summed E-state index contributed by atoms with van der Waals surface area (Å²) in [6.45, 7) is 8.32. The molecule has 0 spiro atoms. The molecule has 79 valence electrons. The first kappa shape index (κ1) is 11.9. The summed E-state index contributed by atoms with van der Waals surface area (Å²) >= 11 is 0. The van der Waals surface area contributed by atoms with E-state index < -0.39 is 0 Å². The van der Waals surface area contributed by atoms with Gasteiger partial charge in [0.1, 0.15) is 7.28 Å². The van der Waals surface area contributed by atoms with Crippen molar-refractivity contribution in [3.63, 3.8) is 0 Å². The van der Waals surface area contributed by atoms with Crippen molar-refractivity contribution in [2.24, 2.45) is 0 Å². The molecule has 1 aromatic carbocycles. The smallest absolute Gasteiger partial charge is 0.148 e. The molecular weight excluding hydrogens is 181 g/mol. The fraction of sp³-hybridized carbons (Fsp3) is 0.385. The summed E-state index contributed by atoms with van der Waals surface area (Å²) < 4.78 is 0. The van der Waals surface area contributed by atoms with Gasteiger partial charge in [0.2, 0.25) is 0 Å². The van der Waals surface area contributed by atoms with Gasteiger partial charge in [-0.05, 0) is 36.1 Å². The predicted molar refractivity (Wildman–Crippen MR) is 70.7 cm³/mol. The molecule has 0 fully saturated rings. The van der Waals surface area contributed by atoms with Crippen LogP contribution in [0.2, 0.25) is 6.82 Å². The van der Waals surface area contributed by atoms with Crippen LogP contribution in [-0.4, -0.2) is 7.28 Å². The molecule has 0 aliphatic rings. The van der Waals surface area contributed by atoms with E-state index in [1.807, 2.05) is 19.0 Å². The molecule has 0 amide bonds. The second-order valence-electron chi connectivity index (χ2n) is 3.88. The quantitative estimate of drug-likeness (QED) is 0.574. The van der Waals surface area contributed by atoms with Gasteiger partial charge in [0, 0.05) is 5.69 Å². The first-order valence-corrected chi connectivity index (χ1v) is 5.55. The molecule has 0 aliphatic carbocycles. The molecule has 0 saturated carbocycles. The van der Waals surface area contributed by atoms with Crippen molar-refractivity contribution in [1.82, 2.24) is 0 Å². The molecular formula is C13H19BN. The fourth-order valence-corrected chi connectivity index (χ4v) is 1.58. The summed E-state index contributed by atoms with van der Waals surface area (Å²) in [5, 5.41) is 0. The molecule has 15 heavy (non-hydrogen) atoms. The highest BCUT2D eigenvalue weighted by atomic mass is 14.5. The second-order valence-corrected chi connectivity index (χ2v) is 3.88. The van der Waals surface area contributed by atoms with Gasteiger partial charge < -0.3 is 5.73 Å². The maximum atomic E-state index is 5.84. The minimum atomic E-state index is 0.818. The zero-order valence-electron chi connectivity index (χ0n) is 9.72. The van der Waals surface area contributed by atoms with Crippen LogP contribution in [0.3, 0.4) is 0 Å². The molecule has 1 aromatic rings. The molecule has 1 radical (unpaired) electrons. The SMILES string of the molecule is C=C(CCCC)c1cc(N)cc([B]C)c1. The molecule has 0 saturated heterocycles. The molecule has 0 heterocycles. The van der Waals surface area contributed by atoms with Crippen molar-refractivity contribution in [3.05, 3.63) is 30.3 Å². The van der Waals surface area contributed by atoms with Crippen LogP contribution >= 0.6 is 0 Å². The first-order chi connectivity index (χ1) is 7.17. The molecule has 1 nitrogen and oxygen atoms in total. The topological polar surface area (TPSA) is 26.0 Å². The van der Waals surface area contributed by atoms with Crippen molar-refractivity contribution in [2.45, 2.75) is 33.0 Å². The van der Waals surface area contributed by atoms with Crippen molar-refractivity contribution >= 4 is 24.0 Å². The van der Waals surface area contributed by atoms with E-state index >= 15 is 0 Å². The largest absolute Gasteiger partial charge is 0.399 e. The number of allylic oxidation sites excluding steroid dienone is 1. The van der Waals surface area contributed by atoms with Crippen LogP contribution in [0.4, 0.5) is 5.69 Å². The highest BCUT2D eigenvalue weighted by Gasteiger charge is 2.02. The summed E-state index contributed by atoms with van der Waals surface area (Å²) in [6.07, 6.45) is 3.45. The first-order valence-electron chi connectivity index (χ1n) is 5.55. The monoisotopic (exact) mass is 200 g/mol. The van der Waals surface area contributed by atoms with Gasteiger partial charge in [-0.25, -0.2) is 0 Å². The highest BCUT2D eigenvalue weighted by molar-refractivity contribution is 6.52. The van der Waals surface area contributed by atoms with Crippen molar-refractivity contribution in [2.75, 3.05) is 5.73 Å². The molecule has 0 aromatic heterocycles. The van der Waals surface area contributed by atoms with Crippen LogP contribution in [0.5, 0.6) is 0 Å². The Labute approximate surface area is 93.6 Å². The van der Waals surface area contributed by atoms with E-state index in [-0.39, 0.29) is 0 Å². The Bertz CT molecular complexity index is 344. The van der Waals surface area contributed by atoms with Crippen molar-refractivity contribution in [3.8, 4) is 0 Å². The summed E-state index contributed by atoms with van der Waals surface area (Å²) in [4.78, 5) is 0. The van der Waals surface area contributed by atoms with Crippen LogP contribution in [0, 0.1) is 0 Å². The number of anilines is 1. The number of nitrogens with two attached hydrogens (primary N) is 1. The molecule has 2 N–H and O–H groups in total. The minimum absolute atomic E-state index is 0.818. The van der Waals surface area contributed by atoms with E-state index in [9.17, 15) is 0 Å². The van der Waals surface area contributed by atoms with Crippen LogP contribution in [0.15, 0.2) is 24.8 Å². The number of unbranched alkanes of at least 4 members (excludes halogenated alkanes) is 1. The Kier molecular flexibility index (Phi) is 4.48. The fourth-order valence-electron chi connectivity index (χ4n) is 1.58. The van der Waals surface area contributed by atoms with E-state index in [0.717, 1.165) is 12.1 Å². The molecule has 0 aliphatic heterocycles. The Morgan fingerprint density at radius 1 is 1.40 bits per heavy atom. The van der Waals surface area contributed by atoms with Crippen LogP contribution in [-0.2, 0) is 0 Å². The summed E-state index contributed by atoms with van der Waals surface area (Å²) in [5.74, 6) is 0. The van der Waals surface area contributed by atoms with Gasteiger partial charge >= 0.3 is 0 Å². The predicted octanol–water partition coefficient (Wildman–Crippen LogP) is 2.85. The minimum Gasteiger partial charge on any atom is -0.399 e. The Balaban J connectivity index is 2.83. The Hall–Kier alpha value is -1.18. The average Bonchev–Trinajstić information content (AvgIpc) is 2.24. The van der Waals surface area contributed by atoms with E-state index in [4.69, 9.17) is 5.73 Å². The average molecular weight is 200 g/mol. The van der Waals surface area contributed by atoms with Crippen molar-refractivity contribution < 1.29 is 0 Å². The highest BCUT2D eigenvalue weighted by Crippen LogP contribution is 2.19. The van der Waals surface area contributed by atoms with Gasteiger partial charge in [-0.15, -0.1) is 0 Å². The normalized spacial score (nSPS) is 10.0. The number of hydrogen-bond acceptors (Lipinski definition) is 1. The van der Waals surface area contributed by atoms with Gasteiger partial charge in [-0.2, -0.15) is 0 Å². The van der Waals surface area contributed by atoms with Gasteiger partial charge in [0.25, 0.3) is 0 Å². The Morgan fingerprint density at radius 2 is 2.13 bits per heavy atom. The molecule has 0 atom stereocenters. The molecule has 0 bridgehead atoms. The van der Waals surface area contributed by atoms with E-state index in [1.165, 1.54) is 29.4 Å². The van der Waals surface area contributed by atoms with Crippen LogP contribution in [0.1, 0.15) is 31.7 Å². The summed E-state index contributed by atoms with van der Waals surface area (Å²) in [6, 6.07) is 6.13. The maximum absolute atomic E-state index is 5.84. The van der Waals surface area contributed by atoms with Gasteiger partial charge in [0.05, 0.1) is 0 Å². The maximum Gasteiger partial charge on any atom is 0.148 e. The lowest BCUT2D eigenvalue weighted by Crippen LogP contribution is -2.12. The van der Waals surface area contributed by atoms with Crippen LogP contribution < -0.4 is 11.2 Å². The van der Waals surface area contributed by atoms with Gasteiger partial charge in [0.15, 0.2) is 0 Å². The number of benzene rings is 1. The van der Waals surface area contributed by atoms with Gasteiger partial charge in [-0.3, -0.25) is 0 Å². The third-order valence-corrected chi connectivity index (χ3v) is 2.55. The number of hydrogen-bond donors (Lipinski definition) is 1. The van der Waals surface area contributed by atoms with E-state index in [0.29, 0.717) is 0 Å². The number of rotatable bonds is 5. The standard InChI is InChI=1S/C13H19BN/c1-4-5-6-10(2)11-7-12(14-3)9-13(15)8-11/h7-9H,2,4-6,15H2,1,3H3. The third kappa shape index (κ3) is 3.47. The molecule has 0 unspecified atom stereocenters. The lowest BCUT2D eigenvalue weighted by atomic mass is 9.72. The van der Waals surface area contributed by atoms with Gasteiger partial charge in [-0.1, -0.05) is 38.3 Å². The summed E-state index contributed by atoms with van der Waals surface area (Å²) in [7, 11) is 2.06. The van der Waals surface area contributed by atoms with E-state index in [2.05, 4.69) is 26.8 Å². The molecule has 1 rings (SSSR count). The number of nitrogen functional groups attached to an aromatic ring is 1. The third-order valence-electron chi connectivity index (χ3n) is 2.55. The Morgan fingerprint density at radius 3 is 2.73 bits per heavy atom. The second kappa shape index (κ2) is 5.64. The zero-order valence-corrected chi connectivity index (χ0v) is 9.72. The summed E-state index contributed by atoms with van der Waals surface area (Å²) in [5.41, 5.74) is 10.2. The lowest BCUT2D eigenvalue weighted by Gasteiger charge is -2.08. The zero-order chi connectivity index (χ0) is 11.3. The van der Waals surface area contributed by atoms with Crippen molar-refractivity contribution in [1.29, 1.82) is 0 Å².